The van der Waals surface area contributed by atoms with Gasteiger partial charge in [0.15, 0.2) is 13.2 Å². The molecule has 7 nitrogen and oxygen atoms in total. The van der Waals surface area contributed by atoms with Gasteiger partial charge >= 0.3 is 5.97 Å². The van der Waals surface area contributed by atoms with E-state index in [-0.39, 0.29) is 26.4 Å². The summed E-state index contributed by atoms with van der Waals surface area (Å²) in [6.07, 6.45) is 0. The Labute approximate surface area is 174 Å². The lowest BCUT2D eigenvalue weighted by Gasteiger charge is -2.10. The lowest BCUT2D eigenvalue weighted by atomic mass is 10.2. The summed E-state index contributed by atoms with van der Waals surface area (Å²) in [5.74, 6) is 0.878. The highest BCUT2D eigenvalue weighted by molar-refractivity contribution is 6.31. The van der Waals surface area contributed by atoms with E-state index in [1.165, 1.54) is 0 Å². The van der Waals surface area contributed by atoms with Crippen LogP contribution < -0.4 is 19.5 Å². The SMILES string of the molecule is CCOc1ccc(OCCNC(=O)COC(=O)COc2ccc(Cl)c(C)c2)cc1. The average molecular weight is 422 g/mol. The molecule has 0 heterocycles. The van der Waals surface area contributed by atoms with Crippen LogP contribution in [0.3, 0.4) is 0 Å². The van der Waals surface area contributed by atoms with Crippen molar-refractivity contribution in [2.45, 2.75) is 13.8 Å². The van der Waals surface area contributed by atoms with Crippen molar-refractivity contribution in [2.75, 3.05) is 33.0 Å². The fraction of sp³-hybridized carbons (Fsp3) is 0.333. The summed E-state index contributed by atoms with van der Waals surface area (Å²) < 4.78 is 21.0. The van der Waals surface area contributed by atoms with Crippen molar-refractivity contribution in [3.8, 4) is 17.2 Å². The van der Waals surface area contributed by atoms with Gasteiger partial charge in [-0.15, -0.1) is 0 Å². The van der Waals surface area contributed by atoms with Gasteiger partial charge in [0.05, 0.1) is 13.2 Å². The molecule has 29 heavy (non-hydrogen) atoms. The Hall–Kier alpha value is -2.93. The van der Waals surface area contributed by atoms with E-state index in [0.29, 0.717) is 23.1 Å². The second kappa shape index (κ2) is 11.8. The van der Waals surface area contributed by atoms with Gasteiger partial charge in [0, 0.05) is 5.02 Å². The number of aryl methyl sites for hydroxylation is 1. The molecule has 0 atom stereocenters. The number of halogens is 1. The number of hydrogen-bond acceptors (Lipinski definition) is 6. The van der Waals surface area contributed by atoms with E-state index in [2.05, 4.69) is 5.32 Å². The monoisotopic (exact) mass is 421 g/mol. The number of amides is 1. The number of nitrogens with one attached hydrogen (secondary N) is 1. The second-order valence-electron chi connectivity index (χ2n) is 5.96. The lowest BCUT2D eigenvalue weighted by Crippen LogP contribution is -2.32. The Morgan fingerprint density at radius 2 is 1.59 bits per heavy atom. The van der Waals surface area contributed by atoms with E-state index >= 15 is 0 Å². The molecule has 0 aliphatic rings. The molecular weight excluding hydrogens is 398 g/mol. The zero-order valence-electron chi connectivity index (χ0n) is 16.4. The van der Waals surface area contributed by atoms with Crippen LogP contribution in [0.4, 0.5) is 0 Å². The smallest absolute Gasteiger partial charge is 0.344 e. The molecule has 2 rings (SSSR count). The van der Waals surface area contributed by atoms with Crippen LogP contribution in [0.2, 0.25) is 5.02 Å². The Morgan fingerprint density at radius 3 is 2.24 bits per heavy atom. The van der Waals surface area contributed by atoms with Crippen LogP contribution in [-0.4, -0.2) is 44.8 Å². The molecule has 0 aliphatic carbocycles. The lowest BCUT2D eigenvalue weighted by molar-refractivity contribution is -0.150. The summed E-state index contributed by atoms with van der Waals surface area (Å²) in [5, 5.41) is 3.22. The van der Waals surface area contributed by atoms with Gasteiger partial charge in [-0.05, 0) is 61.9 Å². The van der Waals surface area contributed by atoms with E-state index < -0.39 is 11.9 Å². The van der Waals surface area contributed by atoms with Crippen LogP contribution in [0, 0.1) is 6.92 Å². The highest BCUT2D eigenvalue weighted by Gasteiger charge is 2.09. The summed E-state index contributed by atoms with van der Waals surface area (Å²) in [5.41, 5.74) is 0.837. The third kappa shape index (κ3) is 8.31. The topological polar surface area (TPSA) is 83.1 Å². The number of carbonyl (C=O) groups is 2. The largest absolute Gasteiger partial charge is 0.494 e. The molecule has 156 valence electrons. The molecule has 0 spiro atoms. The first-order chi connectivity index (χ1) is 14.0. The second-order valence-corrected chi connectivity index (χ2v) is 6.37. The van der Waals surface area contributed by atoms with Gasteiger partial charge in [-0.25, -0.2) is 4.79 Å². The van der Waals surface area contributed by atoms with E-state index in [1.54, 1.807) is 30.3 Å². The van der Waals surface area contributed by atoms with Crippen LogP contribution in [0.1, 0.15) is 12.5 Å². The first-order valence-corrected chi connectivity index (χ1v) is 9.52. The maximum absolute atomic E-state index is 11.7. The zero-order chi connectivity index (χ0) is 21.1. The molecule has 0 unspecified atom stereocenters. The molecular formula is C21H24ClNO6. The van der Waals surface area contributed by atoms with E-state index in [1.807, 2.05) is 26.0 Å². The number of ether oxygens (including phenoxy) is 4. The summed E-state index contributed by atoms with van der Waals surface area (Å²) in [4.78, 5) is 23.4. The molecule has 1 amide bonds. The van der Waals surface area contributed by atoms with Gasteiger partial charge in [0.1, 0.15) is 23.9 Å². The summed E-state index contributed by atoms with van der Waals surface area (Å²) in [7, 11) is 0. The van der Waals surface area contributed by atoms with Crippen LogP contribution in [0.25, 0.3) is 0 Å². The predicted molar refractivity (Wildman–Crippen MR) is 109 cm³/mol. The molecule has 0 bridgehead atoms. The van der Waals surface area contributed by atoms with Crippen molar-refractivity contribution in [3.05, 3.63) is 53.1 Å². The summed E-state index contributed by atoms with van der Waals surface area (Å²) >= 11 is 5.93. The summed E-state index contributed by atoms with van der Waals surface area (Å²) in [6.45, 7) is 4.23. The molecule has 0 aromatic heterocycles. The molecule has 2 aromatic rings. The Balaban J connectivity index is 1.57. The fourth-order valence-electron chi connectivity index (χ4n) is 2.25. The van der Waals surface area contributed by atoms with Crippen molar-refractivity contribution in [1.29, 1.82) is 0 Å². The van der Waals surface area contributed by atoms with Crippen molar-refractivity contribution < 1.29 is 28.5 Å². The summed E-state index contributed by atoms with van der Waals surface area (Å²) in [6, 6.07) is 12.2. The fourth-order valence-corrected chi connectivity index (χ4v) is 2.36. The normalized spacial score (nSPS) is 10.2. The van der Waals surface area contributed by atoms with Gasteiger partial charge in [-0.1, -0.05) is 11.6 Å². The molecule has 0 fully saturated rings. The molecule has 8 heteroatoms. The Kier molecular flexibility index (Phi) is 9.11. The highest BCUT2D eigenvalue weighted by atomic mass is 35.5. The predicted octanol–water partition coefficient (Wildman–Crippen LogP) is 3.16. The van der Waals surface area contributed by atoms with Crippen LogP contribution in [0.15, 0.2) is 42.5 Å². The van der Waals surface area contributed by atoms with Crippen LogP contribution in [-0.2, 0) is 14.3 Å². The van der Waals surface area contributed by atoms with Gasteiger partial charge in [0.25, 0.3) is 5.91 Å². The van der Waals surface area contributed by atoms with Gasteiger partial charge in [-0.3, -0.25) is 4.79 Å². The van der Waals surface area contributed by atoms with E-state index in [0.717, 1.165) is 11.3 Å². The first kappa shape index (κ1) is 22.4. The molecule has 2 aromatic carbocycles. The van der Waals surface area contributed by atoms with Crippen LogP contribution >= 0.6 is 11.6 Å². The zero-order valence-corrected chi connectivity index (χ0v) is 17.2. The van der Waals surface area contributed by atoms with E-state index in [4.69, 9.17) is 30.5 Å². The van der Waals surface area contributed by atoms with Crippen molar-refractivity contribution >= 4 is 23.5 Å². The number of carbonyl (C=O) groups excluding carboxylic acids is 2. The quantitative estimate of drug-likeness (QED) is 0.443. The number of rotatable bonds is 11. The number of benzene rings is 2. The van der Waals surface area contributed by atoms with Crippen molar-refractivity contribution in [3.63, 3.8) is 0 Å². The minimum atomic E-state index is -0.640. The van der Waals surface area contributed by atoms with Gasteiger partial charge < -0.3 is 24.3 Å². The Morgan fingerprint density at radius 1 is 0.931 bits per heavy atom. The third-order valence-corrected chi connectivity index (χ3v) is 4.10. The first-order valence-electron chi connectivity index (χ1n) is 9.15. The molecule has 1 N–H and O–H groups in total. The molecule has 0 saturated carbocycles. The maximum atomic E-state index is 11.7. The van der Waals surface area contributed by atoms with Gasteiger partial charge in [0.2, 0.25) is 0 Å². The highest BCUT2D eigenvalue weighted by Crippen LogP contribution is 2.21. The minimum absolute atomic E-state index is 0.282. The average Bonchev–Trinajstić information content (AvgIpc) is 2.72. The molecule has 0 radical (unpaired) electrons. The maximum Gasteiger partial charge on any atom is 0.344 e. The van der Waals surface area contributed by atoms with Crippen molar-refractivity contribution in [1.82, 2.24) is 5.32 Å². The van der Waals surface area contributed by atoms with Gasteiger partial charge in [-0.2, -0.15) is 0 Å². The molecule has 0 aliphatic heterocycles. The number of esters is 1. The van der Waals surface area contributed by atoms with Crippen molar-refractivity contribution in [2.24, 2.45) is 0 Å². The van der Waals surface area contributed by atoms with Crippen LogP contribution in [0.5, 0.6) is 17.2 Å². The standard InChI is InChI=1S/C21H24ClNO6/c1-3-26-16-4-6-17(7-5-16)27-11-10-23-20(24)13-29-21(25)14-28-18-8-9-19(22)15(2)12-18/h4-9,12H,3,10-11,13-14H2,1-2H3,(H,23,24). The minimum Gasteiger partial charge on any atom is -0.494 e. The Bertz CT molecular complexity index is 809. The third-order valence-electron chi connectivity index (χ3n) is 3.68. The van der Waals surface area contributed by atoms with E-state index in [9.17, 15) is 9.59 Å². The molecule has 0 saturated heterocycles. The number of hydrogen-bond donors (Lipinski definition) is 1.